The number of carbonyl (C=O) groups excluding carboxylic acids is 1. The van der Waals surface area contributed by atoms with Crippen molar-refractivity contribution in [3.63, 3.8) is 0 Å². The molecule has 1 aliphatic rings. The van der Waals surface area contributed by atoms with E-state index in [-0.39, 0.29) is 11.4 Å². The molecule has 1 amide bonds. The van der Waals surface area contributed by atoms with Crippen LogP contribution in [0.25, 0.3) is 5.69 Å². The third-order valence-electron chi connectivity index (χ3n) is 4.54. The first-order valence-electron chi connectivity index (χ1n) is 7.99. The van der Waals surface area contributed by atoms with E-state index in [1.165, 1.54) is 47.3 Å². The lowest BCUT2D eigenvalue weighted by Gasteiger charge is -2.15. The molecule has 1 unspecified atom stereocenters. The molecule has 3 aromatic rings. The van der Waals surface area contributed by atoms with E-state index in [9.17, 15) is 18.0 Å². The molecular formula is C19H14F3N3O. The largest absolute Gasteiger partial charge is 0.308 e. The molecule has 0 aliphatic heterocycles. The van der Waals surface area contributed by atoms with Crippen molar-refractivity contribution in [2.75, 3.05) is 5.32 Å². The monoisotopic (exact) mass is 357 g/mol. The summed E-state index contributed by atoms with van der Waals surface area (Å²) >= 11 is 0. The minimum atomic E-state index is -3.11. The first-order chi connectivity index (χ1) is 12.4. The molecule has 4 rings (SSSR count). The second-order valence-electron chi connectivity index (χ2n) is 6.23. The van der Waals surface area contributed by atoms with Gasteiger partial charge < -0.3 is 5.32 Å². The van der Waals surface area contributed by atoms with Gasteiger partial charge in [0.25, 0.3) is 5.92 Å². The molecule has 1 N–H and O–H groups in total. The molecule has 0 saturated heterocycles. The van der Waals surface area contributed by atoms with Gasteiger partial charge in [-0.2, -0.15) is 5.10 Å². The number of benzene rings is 2. The summed E-state index contributed by atoms with van der Waals surface area (Å²) in [6.45, 7) is 0. The van der Waals surface area contributed by atoms with Gasteiger partial charge in [-0.3, -0.25) is 4.79 Å². The van der Waals surface area contributed by atoms with Gasteiger partial charge in [-0.1, -0.05) is 36.4 Å². The first-order valence-corrected chi connectivity index (χ1v) is 7.99. The van der Waals surface area contributed by atoms with E-state index in [1.807, 2.05) is 0 Å². The van der Waals surface area contributed by atoms with Crippen molar-refractivity contribution in [1.82, 2.24) is 9.78 Å². The lowest BCUT2D eigenvalue weighted by Crippen LogP contribution is -2.33. The molecule has 0 spiro atoms. The number of carbonyl (C=O) groups is 1. The highest BCUT2D eigenvalue weighted by Crippen LogP contribution is 2.62. The maximum absolute atomic E-state index is 14.1. The predicted octanol–water partition coefficient (Wildman–Crippen LogP) is 3.93. The van der Waals surface area contributed by atoms with Gasteiger partial charge in [0.2, 0.25) is 5.91 Å². The van der Waals surface area contributed by atoms with Crippen LogP contribution in [0.1, 0.15) is 12.0 Å². The third kappa shape index (κ3) is 2.56. The number of hydrogen-bond donors (Lipinski definition) is 1. The summed E-state index contributed by atoms with van der Waals surface area (Å²) < 4.78 is 42.8. The van der Waals surface area contributed by atoms with E-state index in [0.29, 0.717) is 5.69 Å². The van der Waals surface area contributed by atoms with Crippen LogP contribution in [0.5, 0.6) is 0 Å². The normalized spacial score (nSPS) is 20.6. The van der Waals surface area contributed by atoms with Crippen LogP contribution >= 0.6 is 0 Å². The second kappa shape index (κ2) is 5.72. The van der Waals surface area contributed by atoms with E-state index in [1.54, 1.807) is 24.3 Å². The smallest absolute Gasteiger partial charge is 0.268 e. The van der Waals surface area contributed by atoms with Crippen LogP contribution < -0.4 is 5.32 Å². The second-order valence-corrected chi connectivity index (χ2v) is 6.23. The number of nitrogens with zero attached hydrogens (tertiary/aromatic N) is 2. The Hall–Kier alpha value is -3.09. The Kier molecular flexibility index (Phi) is 3.61. The molecule has 1 aliphatic carbocycles. The van der Waals surface area contributed by atoms with E-state index in [2.05, 4.69) is 10.4 Å². The highest BCUT2D eigenvalue weighted by atomic mass is 19.3. The first kappa shape index (κ1) is 16.4. The zero-order valence-corrected chi connectivity index (χ0v) is 13.5. The Morgan fingerprint density at radius 1 is 1.08 bits per heavy atom. The van der Waals surface area contributed by atoms with Gasteiger partial charge >= 0.3 is 0 Å². The van der Waals surface area contributed by atoms with Crippen molar-refractivity contribution in [3.8, 4) is 5.69 Å². The predicted molar refractivity (Wildman–Crippen MR) is 89.8 cm³/mol. The van der Waals surface area contributed by atoms with E-state index >= 15 is 0 Å². The van der Waals surface area contributed by atoms with Crippen LogP contribution in [0.2, 0.25) is 0 Å². The zero-order chi connectivity index (χ0) is 18.4. The SMILES string of the molecule is O=C(Nc1ccn(-c2cccc(F)c2)n1)C1(c2ccccc2)CC1(F)F. The molecule has 1 atom stereocenters. The highest BCUT2D eigenvalue weighted by molar-refractivity contribution is 6.02. The van der Waals surface area contributed by atoms with Crippen LogP contribution in [0.15, 0.2) is 66.9 Å². The maximum atomic E-state index is 14.1. The zero-order valence-electron chi connectivity index (χ0n) is 13.5. The summed E-state index contributed by atoms with van der Waals surface area (Å²) in [5, 5.41) is 6.58. The quantitative estimate of drug-likeness (QED) is 0.769. The Labute approximate surface area is 147 Å². The third-order valence-corrected chi connectivity index (χ3v) is 4.54. The minimum absolute atomic E-state index is 0.122. The Morgan fingerprint density at radius 2 is 1.81 bits per heavy atom. The van der Waals surface area contributed by atoms with E-state index < -0.39 is 29.5 Å². The standard InChI is InChI=1S/C19H14F3N3O/c20-14-7-4-8-15(11-14)25-10-9-16(24-25)23-17(26)18(12-19(18,21)22)13-5-2-1-3-6-13/h1-11H,12H2,(H,23,24,26). The van der Waals surface area contributed by atoms with Crippen molar-refractivity contribution in [1.29, 1.82) is 0 Å². The molecule has 4 nitrogen and oxygen atoms in total. The number of halogens is 3. The number of aromatic nitrogens is 2. The van der Waals surface area contributed by atoms with Crippen LogP contribution in [0.4, 0.5) is 19.0 Å². The molecule has 26 heavy (non-hydrogen) atoms. The fraction of sp³-hybridized carbons (Fsp3) is 0.158. The summed E-state index contributed by atoms with van der Waals surface area (Å²) in [6.07, 6.45) is 0.977. The number of nitrogens with one attached hydrogen (secondary N) is 1. The lowest BCUT2D eigenvalue weighted by atomic mass is 9.94. The molecule has 1 fully saturated rings. The molecule has 132 valence electrons. The summed E-state index contributed by atoms with van der Waals surface area (Å²) in [7, 11) is 0. The van der Waals surface area contributed by atoms with E-state index in [0.717, 1.165) is 0 Å². The van der Waals surface area contributed by atoms with Crippen LogP contribution in [-0.2, 0) is 10.2 Å². The Bertz CT molecular complexity index is 971. The van der Waals surface area contributed by atoms with Crippen molar-refractivity contribution >= 4 is 11.7 Å². The molecule has 1 saturated carbocycles. The number of alkyl halides is 2. The summed E-state index contributed by atoms with van der Waals surface area (Å²) in [5.41, 5.74) is -1.15. The maximum Gasteiger partial charge on any atom is 0.268 e. The molecule has 0 bridgehead atoms. The topological polar surface area (TPSA) is 46.9 Å². The fourth-order valence-electron chi connectivity index (χ4n) is 3.08. The van der Waals surface area contributed by atoms with E-state index in [4.69, 9.17) is 0 Å². The molecule has 2 aromatic carbocycles. The van der Waals surface area contributed by atoms with Gasteiger partial charge in [0, 0.05) is 18.7 Å². The van der Waals surface area contributed by atoms with Gasteiger partial charge in [0.05, 0.1) is 5.69 Å². The highest BCUT2D eigenvalue weighted by Gasteiger charge is 2.76. The van der Waals surface area contributed by atoms with Crippen LogP contribution in [-0.4, -0.2) is 21.6 Å². The van der Waals surface area contributed by atoms with Gasteiger partial charge in [-0.05, 0) is 23.8 Å². The molecule has 1 heterocycles. The summed E-state index contributed by atoms with van der Waals surface area (Å²) in [4.78, 5) is 12.6. The van der Waals surface area contributed by atoms with Crippen LogP contribution in [0.3, 0.4) is 0 Å². The fourth-order valence-corrected chi connectivity index (χ4v) is 3.08. The molecular weight excluding hydrogens is 343 g/mol. The molecule has 1 aromatic heterocycles. The van der Waals surface area contributed by atoms with Gasteiger partial charge in [0.15, 0.2) is 5.82 Å². The van der Waals surface area contributed by atoms with Gasteiger partial charge in [-0.15, -0.1) is 0 Å². The van der Waals surface area contributed by atoms with Crippen LogP contribution in [0, 0.1) is 5.82 Å². The number of hydrogen-bond acceptors (Lipinski definition) is 2. The van der Waals surface area contributed by atoms with Crippen molar-refractivity contribution in [2.45, 2.75) is 17.8 Å². The average molecular weight is 357 g/mol. The minimum Gasteiger partial charge on any atom is -0.308 e. The number of anilines is 1. The molecule has 7 heteroatoms. The summed E-state index contributed by atoms with van der Waals surface area (Å²) in [5.74, 6) is -4.22. The molecule has 0 radical (unpaired) electrons. The van der Waals surface area contributed by atoms with Crippen molar-refractivity contribution < 1.29 is 18.0 Å². The lowest BCUT2D eigenvalue weighted by molar-refractivity contribution is -0.121. The van der Waals surface area contributed by atoms with Crippen molar-refractivity contribution in [2.24, 2.45) is 0 Å². The summed E-state index contributed by atoms with van der Waals surface area (Å²) in [6, 6.07) is 15.2. The van der Waals surface area contributed by atoms with Crippen molar-refractivity contribution in [3.05, 3.63) is 78.2 Å². The average Bonchev–Trinajstić information content (AvgIpc) is 2.98. The van der Waals surface area contributed by atoms with Gasteiger partial charge in [0.1, 0.15) is 11.2 Å². The van der Waals surface area contributed by atoms with Gasteiger partial charge in [-0.25, -0.2) is 17.9 Å². The number of amides is 1. The Balaban J connectivity index is 1.59. The number of rotatable bonds is 4. The Morgan fingerprint density at radius 3 is 2.46 bits per heavy atom.